The van der Waals surface area contributed by atoms with E-state index >= 15 is 0 Å². The summed E-state index contributed by atoms with van der Waals surface area (Å²) in [7, 11) is 0. The number of hydrogen-bond donors (Lipinski definition) is 3. The Morgan fingerprint density at radius 2 is 1.74 bits per heavy atom. The monoisotopic (exact) mass is 269 g/mol. The Balaban J connectivity index is 2.31. The Morgan fingerprint density at radius 3 is 2.21 bits per heavy atom. The van der Waals surface area contributed by atoms with Gasteiger partial charge in [0.15, 0.2) is 0 Å². The minimum atomic E-state index is -0.445. The van der Waals surface area contributed by atoms with Crippen molar-refractivity contribution in [2.45, 2.75) is 64.5 Å². The van der Waals surface area contributed by atoms with Crippen LogP contribution in [0.2, 0.25) is 0 Å². The van der Waals surface area contributed by atoms with Crippen molar-refractivity contribution in [2.24, 2.45) is 11.7 Å². The average molecular weight is 269 g/mol. The van der Waals surface area contributed by atoms with Gasteiger partial charge in [-0.25, -0.2) is 0 Å². The summed E-state index contributed by atoms with van der Waals surface area (Å²) in [6, 6.07) is -0.150. The van der Waals surface area contributed by atoms with E-state index in [2.05, 4.69) is 10.6 Å². The fourth-order valence-corrected chi connectivity index (χ4v) is 2.57. The first-order valence-electron chi connectivity index (χ1n) is 7.32. The summed E-state index contributed by atoms with van der Waals surface area (Å²) in [5.41, 5.74) is 5.30. The predicted molar refractivity (Wildman–Crippen MR) is 75.5 cm³/mol. The van der Waals surface area contributed by atoms with Crippen LogP contribution in [0, 0.1) is 5.92 Å². The van der Waals surface area contributed by atoms with Crippen LogP contribution in [0.1, 0.15) is 52.4 Å². The third-order valence-electron chi connectivity index (χ3n) is 3.68. The van der Waals surface area contributed by atoms with Crippen LogP contribution in [-0.4, -0.2) is 30.4 Å². The third-order valence-corrected chi connectivity index (χ3v) is 3.68. The van der Waals surface area contributed by atoms with Gasteiger partial charge in [0.25, 0.3) is 0 Å². The fraction of sp³-hybridized carbons (Fsp3) is 0.857. The molecule has 0 aromatic rings. The van der Waals surface area contributed by atoms with Gasteiger partial charge in [-0.15, -0.1) is 0 Å². The van der Waals surface area contributed by atoms with Gasteiger partial charge in [-0.2, -0.15) is 0 Å². The van der Waals surface area contributed by atoms with Crippen molar-refractivity contribution in [2.75, 3.05) is 6.54 Å². The van der Waals surface area contributed by atoms with Crippen molar-refractivity contribution in [3.63, 3.8) is 0 Å². The first-order valence-corrected chi connectivity index (χ1v) is 7.32. The first kappa shape index (κ1) is 16.0. The number of carbonyl (C=O) groups excluding carboxylic acids is 2. The van der Waals surface area contributed by atoms with Crippen LogP contribution in [0.4, 0.5) is 0 Å². The van der Waals surface area contributed by atoms with Crippen LogP contribution in [0.15, 0.2) is 0 Å². The second-order valence-electron chi connectivity index (χ2n) is 5.76. The summed E-state index contributed by atoms with van der Waals surface area (Å²) < 4.78 is 0. The zero-order valence-corrected chi connectivity index (χ0v) is 12.1. The highest BCUT2D eigenvalue weighted by molar-refractivity contribution is 5.82. The third kappa shape index (κ3) is 6.05. The van der Waals surface area contributed by atoms with Crippen LogP contribution < -0.4 is 16.4 Å². The van der Waals surface area contributed by atoms with Crippen molar-refractivity contribution < 1.29 is 9.59 Å². The number of amides is 2. The topological polar surface area (TPSA) is 84.2 Å². The molecule has 110 valence electrons. The molecular weight excluding hydrogens is 242 g/mol. The van der Waals surface area contributed by atoms with E-state index in [0.29, 0.717) is 6.04 Å². The maximum atomic E-state index is 11.8. The van der Waals surface area contributed by atoms with E-state index in [1.165, 1.54) is 25.7 Å². The molecule has 0 aromatic heterocycles. The first-order chi connectivity index (χ1) is 9.00. The SMILES string of the molecule is CC(C)C(NCC(=O)NC1CCCCCC1)C(N)=O. The van der Waals surface area contributed by atoms with Gasteiger partial charge in [-0.1, -0.05) is 39.5 Å². The molecule has 5 nitrogen and oxygen atoms in total. The van der Waals surface area contributed by atoms with Crippen molar-refractivity contribution in [1.29, 1.82) is 0 Å². The molecule has 1 aliphatic carbocycles. The molecule has 0 heterocycles. The molecule has 1 saturated carbocycles. The lowest BCUT2D eigenvalue weighted by Gasteiger charge is -2.20. The predicted octanol–water partition coefficient (Wildman–Crippen LogP) is 0.925. The zero-order valence-electron chi connectivity index (χ0n) is 12.1. The molecule has 5 heteroatoms. The van der Waals surface area contributed by atoms with E-state index in [0.717, 1.165) is 12.8 Å². The molecule has 0 radical (unpaired) electrons. The normalized spacial score (nSPS) is 18.9. The van der Waals surface area contributed by atoms with Crippen molar-refractivity contribution in [1.82, 2.24) is 10.6 Å². The highest BCUT2D eigenvalue weighted by Crippen LogP contribution is 2.16. The zero-order chi connectivity index (χ0) is 14.3. The van der Waals surface area contributed by atoms with E-state index in [9.17, 15) is 9.59 Å². The standard InChI is InChI=1S/C14H27N3O2/c1-10(2)13(14(15)19)16-9-12(18)17-11-7-5-3-4-6-8-11/h10-11,13,16H,3-9H2,1-2H3,(H2,15,19)(H,17,18). The van der Waals surface area contributed by atoms with E-state index in [-0.39, 0.29) is 18.4 Å². The number of carbonyl (C=O) groups is 2. The molecule has 1 aliphatic rings. The Hall–Kier alpha value is -1.10. The van der Waals surface area contributed by atoms with Gasteiger partial charge < -0.3 is 11.1 Å². The molecule has 1 atom stereocenters. The number of nitrogens with two attached hydrogens (primary N) is 1. The van der Waals surface area contributed by atoms with Crippen LogP contribution in [0.3, 0.4) is 0 Å². The number of rotatable bonds is 6. The summed E-state index contributed by atoms with van der Waals surface area (Å²) in [5, 5.41) is 5.98. The quantitative estimate of drug-likeness (QED) is 0.627. The highest BCUT2D eigenvalue weighted by Gasteiger charge is 2.20. The van der Waals surface area contributed by atoms with Crippen LogP contribution in [-0.2, 0) is 9.59 Å². The summed E-state index contributed by atoms with van der Waals surface area (Å²) in [6.07, 6.45) is 7.04. The Labute approximate surface area is 115 Å². The average Bonchev–Trinajstić information content (AvgIpc) is 2.56. The number of hydrogen-bond acceptors (Lipinski definition) is 3. The minimum absolute atomic E-state index is 0.0428. The van der Waals surface area contributed by atoms with Crippen LogP contribution in [0.5, 0.6) is 0 Å². The van der Waals surface area contributed by atoms with Crippen molar-refractivity contribution in [3.8, 4) is 0 Å². The highest BCUT2D eigenvalue weighted by atomic mass is 16.2. The van der Waals surface area contributed by atoms with Gasteiger partial charge in [0, 0.05) is 6.04 Å². The summed E-state index contributed by atoms with van der Waals surface area (Å²) in [4.78, 5) is 23.1. The lowest BCUT2D eigenvalue weighted by atomic mass is 10.0. The molecule has 0 spiro atoms. The number of nitrogens with one attached hydrogen (secondary N) is 2. The molecule has 0 bridgehead atoms. The lowest BCUT2D eigenvalue weighted by molar-refractivity contribution is -0.122. The molecular formula is C14H27N3O2. The molecule has 0 aromatic carbocycles. The van der Waals surface area contributed by atoms with Gasteiger partial charge in [0.2, 0.25) is 11.8 Å². The largest absolute Gasteiger partial charge is 0.368 e. The van der Waals surface area contributed by atoms with E-state index < -0.39 is 11.9 Å². The Morgan fingerprint density at radius 1 is 1.16 bits per heavy atom. The molecule has 19 heavy (non-hydrogen) atoms. The second-order valence-corrected chi connectivity index (χ2v) is 5.76. The van der Waals surface area contributed by atoms with E-state index in [1.807, 2.05) is 13.8 Å². The molecule has 0 aliphatic heterocycles. The lowest BCUT2D eigenvalue weighted by Crippen LogP contribution is -2.49. The molecule has 1 fully saturated rings. The second kappa shape index (κ2) is 8.15. The molecule has 0 saturated heterocycles. The smallest absolute Gasteiger partial charge is 0.234 e. The molecule has 4 N–H and O–H groups in total. The Kier molecular flexibility index (Phi) is 6.84. The maximum Gasteiger partial charge on any atom is 0.234 e. The van der Waals surface area contributed by atoms with Gasteiger partial charge in [-0.3, -0.25) is 14.9 Å². The van der Waals surface area contributed by atoms with E-state index in [4.69, 9.17) is 5.73 Å². The molecule has 2 amide bonds. The Bertz CT molecular complexity index is 297. The van der Waals surface area contributed by atoms with Crippen LogP contribution >= 0.6 is 0 Å². The fourth-order valence-electron chi connectivity index (χ4n) is 2.57. The maximum absolute atomic E-state index is 11.8. The van der Waals surface area contributed by atoms with Gasteiger partial charge >= 0.3 is 0 Å². The molecule has 1 rings (SSSR count). The summed E-state index contributed by atoms with van der Waals surface area (Å²) >= 11 is 0. The summed E-state index contributed by atoms with van der Waals surface area (Å²) in [5.74, 6) is -0.362. The van der Waals surface area contributed by atoms with Crippen molar-refractivity contribution in [3.05, 3.63) is 0 Å². The number of primary amides is 1. The molecule has 1 unspecified atom stereocenters. The van der Waals surface area contributed by atoms with Gasteiger partial charge in [0.1, 0.15) is 0 Å². The minimum Gasteiger partial charge on any atom is -0.368 e. The van der Waals surface area contributed by atoms with Crippen molar-refractivity contribution >= 4 is 11.8 Å². The van der Waals surface area contributed by atoms with Gasteiger partial charge in [-0.05, 0) is 18.8 Å². The van der Waals surface area contributed by atoms with Gasteiger partial charge in [0.05, 0.1) is 12.6 Å². The summed E-state index contributed by atoms with van der Waals surface area (Å²) in [6.45, 7) is 3.97. The van der Waals surface area contributed by atoms with Crippen LogP contribution in [0.25, 0.3) is 0 Å². The van der Waals surface area contributed by atoms with E-state index in [1.54, 1.807) is 0 Å².